The van der Waals surface area contributed by atoms with E-state index < -0.39 is 18.0 Å². The Bertz CT molecular complexity index is 932. The lowest BCUT2D eigenvalue weighted by molar-refractivity contribution is -0.155. The Morgan fingerprint density at radius 1 is 1.13 bits per heavy atom. The molecule has 1 heterocycles. The molecular weight excluding hydrogens is 423 g/mol. The van der Waals surface area contributed by atoms with Crippen LogP contribution in [0.3, 0.4) is 0 Å². The minimum Gasteiger partial charge on any atom is -0.440 e. The van der Waals surface area contributed by atoms with Gasteiger partial charge in [-0.3, -0.25) is 4.79 Å². The first-order chi connectivity index (χ1) is 14.2. The molecule has 5 nitrogen and oxygen atoms in total. The predicted octanol–water partition coefficient (Wildman–Crippen LogP) is 6.52. The molecule has 0 bridgehead atoms. The molecule has 158 valence electrons. The number of pyridine rings is 1. The van der Waals surface area contributed by atoms with Crippen molar-refractivity contribution in [2.45, 2.75) is 33.8 Å². The van der Waals surface area contributed by atoms with Gasteiger partial charge >= 0.3 is 5.97 Å². The van der Waals surface area contributed by atoms with Crippen molar-refractivity contribution in [1.29, 1.82) is 5.26 Å². The molecule has 2 aromatic rings. The average Bonchev–Trinajstić information content (AvgIpc) is 2.67. The quantitative estimate of drug-likeness (QED) is 0.431. The van der Waals surface area contributed by atoms with Crippen LogP contribution >= 0.6 is 23.2 Å². The number of carbonyl (C=O) groups is 1. The van der Waals surface area contributed by atoms with Crippen molar-refractivity contribution < 1.29 is 14.3 Å². The topological polar surface area (TPSA) is 72.2 Å². The second-order valence-corrected chi connectivity index (χ2v) is 8.35. The summed E-state index contributed by atoms with van der Waals surface area (Å²) >= 11 is 11.5. The van der Waals surface area contributed by atoms with Gasteiger partial charge in [0.15, 0.2) is 0 Å². The molecule has 0 radical (unpaired) electrons. The Labute approximate surface area is 187 Å². The van der Waals surface area contributed by atoms with Gasteiger partial charge in [-0.25, -0.2) is 4.98 Å². The second-order valence-electron chi connectivity index (χ2n) is 7.35. The van der Waals surface area contributed by atoms with Crippen molar-refractivity contribution in [3.05, 3.63) is 64.3 Å². The number of hydrogen-bond donors (Lipinski definition) is 0. The summed E-state index contributed by atoms with van der Waals surface area (Å²) in [6.45, 7) is 7.60. The van der Waals surface area contributed by atoms with E-state index in [4.69, 9.17) is 32.7 Å². The van der Waals surface area contributed by atoms with Crippen molar-refractivity contribution in [2.24, 2.45) is 17.8 Å². The van der Waals surface area contributed by atoms with Crippen LogP contribution in [-0.4, -0.2) is 11.0 Å². The zero-order valence-electron chi connectivity index (χ0n) is 17.3. The molecule has 3 unspecified atom stereocenters. The van der Waals surface area contributed by atoms with E-state index in [0.717, 1.165) is 5.56 Å². The first-order valence-corrected chi connectivity index (χ1v) is 10.3. The van der Waals surface area contributed by atoms with Crippen LogP contribution in [0, 0.1) is 36.0 Å². The summed E-state index contributed by atoms with van der Waals surface area (Å²) in [7, 11) is 0. The number of esters is 1. The van der Waals surface area contributed by atoms with Crippen molar-refractivity contribution in [2.75, 3.05) is 0 Å². The van der Waals surface area contributed by atoms with E-state index in [1.807, 2.05) is 58.0 Å². The second kappa shape index (κ2) is 11.0. The summed E-state index contributed by atoms with van der Waals surface area (Å²) in [5, 5.41) is 9.58. The van der Waals surface area contributed by atoms with E-state index in [-0.39, 0.29) is 22.0 Å². The number of benzene rings is 1. The van der Waals surface area contributed by atoms with Gasteiger partial charge in [0, 0.05) is 6.07 Å². The fourth-order valence-corrected chi connectivity index (χ4v) is 3.50. The van der Waals surface area contributed by atoms with Crippen LogP contribution in [0.2, 0.25) is 0 Å². The van der Waals surface area contributed by atoms with Gasteiger partial charge in [-0.15, -0.1) is 0 Å². The smallest absolute Gasteiger partial charge is 0.311 e. The van der Waals surface area contributed by atoms with Gasteiger partial charge in [-0.2, -0.15) is 5.26 Å². The van der Waals surface area contributed by atoms with Gasteiger partial charge in [0.05, 0.1) is 11.6 Å². The minimum atomic E-state index is -1.16. The molecular formula is C23H24Cl2N2O3. The number of ether oxygens (including phenoxy) is 2. The van der Waals surface area contributed by atoms with E-state index in [2.05, 4.69) is 4.98 Å². The third kappa shape index (κ3) is 6.76. The molecule has 0 aliphatic heterocycles. The van der Waals surface area contributed by atoms with E-state index >= 15 is 0 Å². The van der Waals surface area contributed by atoms with Crippen LogP contribution in [0.4, 0.5) is 0 Å². The van der Waals surface area contributed by atoms with E-state index in [1.165, 1.54) is 0 Å². The summed E-state index contributed by atoms with van der Waals surface area (Å²) in [5.41, 5.74) is 1.40. The molecule has 30 heavy (non-hydrogen) atoms. The summed E-state index contributed by atoms with van der Waals surface area (Å²) in [4.78, 5) is 17.1. The highest BCUT2D eigenvalue weighted by Crippen LogP contribution is 2.29. The highest BCUT2D eigenvalue weighted by atomic mass is 35.5. The normalized spacial score (nSPS) is 13.7. The van der Waals surface area contributed by atoms with Gasteiger partial charge in [0.25, 0.3) is 0 Å². The highest BCUT2D eigenvalue weighted by Gasteiger charge is 2.31. The molecule has 0 amide bonds. The number of carbonyl (C=O) groups excluding carboxylic acids is 1. The fraction of sp³-hybridized carbons (Fsp3) is 0.348. The lowest BCUT2D eigenvalue weighted by atomic mass is 9.84. The van der Waals surface area contributed by atoms with Crippen molar-refractivity contribution in [3.8, 4) is 17.7 Å². The third-order valence-electron chi connectivity index (χ3n) is 4.55. The van der Waals surface area contributed by atoms with E-state index in [1.54, 1.807) is 24.3 Å². The zero-order valence-corrected chi connectivity index (χ0v) is 18.8. The Morgan fingerprint density at radius 3 is 2.37 bits per heavy atom. The maximum Gasteiger partial charge on any atom is 0.311 e. The van der Waals surface area contributed by atoms with Crippen molar-refractivity contribution in [1.82, 2.24) is 4.98 Å². The summed E-state index contributed by atoms with van der Waals surface area (Å²) < 4.78 is 11.3. The number of halogens is 2. The van der Waals surface area contributed by atoms with Crippen molar-refractivity contribution >= 4 is 29.2 Å². The standard InChI is InChI=1S/C23H24Cl2N2O3/c1-14(2)22(16(4)12-20(24)25)23(28)30-19(13-26)18-6-5-7-21(27-18)29-17-10-8-15(3)9-11-17/h5-12,14,16,19,22H,1-4H3. The molecule has 2 rings (SSSR count). The molecule has 1 aromatic heterocycles. The van der Waals surface area contributed by atoms with Gasteiger partial charge in [0.2, 0.25) is 12.0 Å². The largest absolute Gasteiger partial charge is 0.440 e. The van der Waals surface area contributed by atoms with Crippen LogP contribution in [0.15, 0.2) is 53.0 Å². The molecule has 0 fully saturated rings. The molecule has 0 N–H and O–H groups in total. The lowest BCUT2D eigenvalue weighted by Crippen LogP contribution is -2.29. The monoisotopic (exact) mass is 446 g/mol. The van der Waals surface area contributed by atoms with Crippen LogP contribution in [0.25, 0.3) is 0 Å². The number of aromatic nitrogens is 1. The van der Waals surface area contributed by atoms with Crippen molar-refractivity contribution in [3.63, 3.8) is 0 Å². The first-order valence-electron chi connectivity index (χ1n) is 9.55. The molecule has 0 spiro atoms. The van der Waals surface area contributed by atoms with Gasteiger partial charge in [-0.1, -0.05) is 73.8 Å². The summed E-state index contributed by atoms with van der Waals surface area (Å²) in [5.74, 6) is -0.402. The minimum absolute atomic E-state index is 0.0417. The third-order valence-corrected chi connectivity index (χ3v) is 4.81. The van der Waals surface area contributed by atoms with E-state index in [9.17, 15) is 10.1 Å². The molecule has 0 aliphatic carbocycles. The van der Waals surface area contributed by atoms with Gasteiger partial charge in [0.1, 0.15) is 16.3 Å². The zero-order chi connectivity index (χ0) is 22.3. The number of nitrogens with zero attached hydrogens (tertiary/aromatic N) is 2. The number of nitriles is 1. The van der Waals surface area contributed by atoms with Crippen LogP contribution in [-0.2, 0) is 9.53 Å². The van der Waals surface area contributed by atoms with Gasteiger partial charge in [-0.05, 0) is 37.0 Å². The number of allylic oxidation sites excluding steroid dienone is 1. The molecule has 1 aromatic carbocycles. The molecule has 7 heteroatoms. The highest BCUT2D eigenvalue weighted by molar-refractivity contribution is 6.55. The fourth-order valence-electron chi connectivity index (χ4n) is 3.10. The Kier molecular flexibility index (Phi) is 8.71. The predicted molar refractivity (Wildman–Crippen MR) is 117 cm³/mol. The summed E-state index contributed by atoms with van der Waals surface area (Å²) in [6.07, 6.45) is 0.424. The van der Waals surface area contributed by atoms with E-state index in [0.29, 0.717) is 11.6 Å². The number of rotatable bonds is 8. The van der Waals surface area contributed by atoms with Crippen LogP contribution in [0.5, 0.6) is 11.6 Å². The Morgan fingerprint density at radius 2 is 1.80 bits per heavy atom. The van der Waals surface area contributed by atoms with Gasteiger partial charge < -0.3 is 9.47 Å². The van der Waals surface area contributed by atoms with Crippen LogP contribution in [0.1, 0.15) is 38.1 Å². The average molecular weight is 447 g/mol. The SMILES string of the molecule is Cc1ccc(Oc2cccc(C(C#N)OC(=O)C(C(C)C)C(C)C=C(Cl)Cl)n2)cc1. The number of hydrogen-bond acceptors (Lipinski definition) is 5. The molecule has 0 saturated heterocycles. The maximum atomic E-state index is 12.8. The number of aryl methyl sites for hydroxylation is 1. The Balaban J connectivity index is 2.18. The molecule has 3 atom stereocenters. The molecule has 0 saturated carbocycles. The Hall–Kier alpha value is -2.55. The summed E-state index contributed by atoms with van der Waals surface area (Å²) in [6, 6.07) is 14.5. The maximum absolute atomic E-state index is 12.8. The molecule has 0 aliphatic rings. The van der Waals surface area contributed by atoms with Crippen LogP contribution < -0.4 is 4.74 Å². The first kappa shape index (κ1) is 23.7. The lowest BCUT2D eigenvalue weighted by Gasteiger charge is -2.24.